The number of benzene rings is 1. The molecule has 1 unspecified atom stereocenters. The van der Waals surface area contributed by atoms with E-state index in [0.29, 0.717) is 10.5 Å². The van der Waals surface area contributed by atoms with E-state index in [-0.39, 0.29) is 12.2 Å². The van der Waals surface area contributed by atoms with Crippen molar-refractivity contribution in [1.29, 1.82) is 0 Å². The van der Waals surface area contributed by atoms with E-state index in [1.807, 2.05) is 0 Å². The van der Waals surface area contributed by atoms with Crippen LogP contribution in [0.15, 0.2) is 23.1 Å². The number of nitrogens with two attached hydrogens (primary N) is 1. The fourth-order valence-corrected chi connectivity index (χ4v) is 1.68. The molecule has 1 atom stereocenters. The number of thioether (sulfide) groups is 1. The second kappa shape index (κ2) is 5.14. The Kier molecular flexibility index (Phi) is 4.11. The van der Waals surface area contributed by atoms with Crippen molar-refractivity contribution in [1.82, 2.24) is 0 Å². The summed E-state index contributed by atoms with van der Waals surface area (Å²) in [5.41, 5.74) is 6.11. The molecule has 15 heavy (non-hydrogen) atoms. The van der Waals surface area contributed by atoms with Crippen LogP contribution in [0.5, 0.6) is 0 Å². The van der Waals surface area contributed by atoms with E-state index in [4.69, 9.17) is 10.8 Å². The first-order valence-corrected chi connectivity index (χ1v) is 5.58. The molecule has 0 aliphatic carbocycles. The van der Waals surface area contributed by atoms with Crippen LogP contribution in [0.4, 0.5) is 4.39 Å². The Morgan fingerprint density at radius 3 is 2.80 bits per heavy atom. The Balaban J connectivity index is 2.87. The zero-order valence-electron chi connectivity index (χ0n) is 8.24. The molecule has 0 aromatic heterocycles. The molecule has 82 valence electrons. The maximum absolute atomic E-state index is 13.3. The summed E-state index contributed by atoms with van der Waals surface area (Å²) in [6.45, 7) is 0. The highest BCUT2D eigenvalue weighted by molar-refractivity contribution is 7.98. The van der Waals surface area contributed by atoms with Crippen molar-refractivity contribution in [3.8, 4) is 0 Å². The van der Waals surface area contributed by atoms with Crippen molar-refractivity contribution in [3.63, 3.8) is 0 Å². The second-order valence-electron chi connectivity index (χ2n) is 3.10. The summed E-state index contributed by atoms with van der Waals surface area (Å²) in [6.07, 6.45) is 1.58. The van der Waals surface area contributed by atoms with E-state index >= 15 is 0 Å². The predicted octanol–water partition coefficient (Wildman–Crippen LogP) is 2.02. The van der Waals surface area contributed by atoms with Gasteiger partial charge in [0.15, 0.2) is 0 Å². The van der Waals surface area contributed by atoms with Crippen LogP contribution in [0.3, 0.4) is 0 Å². The lowest BCUT2D eigenvalue weighted by molar-refractivity contribution is -0.137. The lowest BCUT2D eigenvalue weighted by Crippen LogP contribution is -2.15. The SMILES string of the molecule is CSc1ccc(C(N)CC(=O)O)cc1F. The van der Waals surface area contributed by atoms with Crippen molar-refractivity contribution in [2.45, 2.75) is 17.4 Å². The monoisotopic (exact) mass is 229 g/mol. The highest BCUT2D eigenvalue weighted by Gasteiger charge is 2.12. The quantitative estimate of drug-likeness (QED) is 0.775. The largest absolute Gasteiger partial charge is 0.481 e. The molecule has 0 spiro atoms. The average Bonchev–Trinajstić information content (AvgIpc) is 2.16. The molecule has 3 nitrogen and oxygen atoms in total. The third-order valence-corrected chi connectivity index (χ3v) is 2.77. The van der Waals surface area contributed by atoms with E-state index in [9.17, 15) is 9.18 Å². The maximum atomic E-state index is 13.3. The molecule has 0 fully saturated rings. The van der Waals surface area contributed by atoms with Crippen molar-refractivity contribution < 1.29 is 14.3 Å². The minimum absolute atomic E-state index is 0.196. The molecule has 0 aliphatic heterocycles. The van der Waals surface area contributed by atoms with Gasteiger partial charge in [0, 0.05) is 10.9 Å². The van der Waals surface area contributed by atoms with Crippen LogP contribution in [0.2, 0.25) is 0 Å². The van der Waals surface area contributed by atoms with Crippen LogP contribution < -0.4 is 5.73 Å². The molecule has 0 amide bonds. The Bertz CT molecular complexity index is 370. The summed E-state index contributed by atoms with van der Waals surface area (Å²) in [7, 11) is 0. The highest BCUT2D eigenvalue weighted by atomic mass is 32.2. The molecule has 1 rings (SSSR count). The Hall–Kier alpha value is -1.07. The first-order valence-electron chi connectivity index (χ1n) is 4.35. The van der Waals surface area contributed by atoms with E-state index in [1.54, 1.807) is 18.4 Å². The first-order chi connectivity index (χ1) is 7.04. The zero-order valence-corrected chi connectivity index (χ0v) is 9.05. The molecular formula is C10H12FNO2S. The third-order valence-electron chi connectivity index (χ3n) is 2.00. The van der Waals surface area contributed by atoms with E-state index in [0.717, 1.165) is 0 Å². The van der Waals surface area contributed by atoms with Gasteiger partial charge in [-0.25, -0.2) is 4.39 Å². The van der Waals surface area contributed by atoms with Crippen LogP contribution >= 0.6 is 11.8 Å². The van der Waals surface area contributed by atoms with Gasteiger partial charge < -0.3 is 10.8 Å². The highest BCUT2D eigenvalue weighted by Crippen LogP contribution is 2.23. The molecule has 0 bridgehead atoms. The molecule has 0 radical (unpaired) electrons. The van der Waals surface area contributed by atoms with E-state index < -0.39 is 12.0 Å². The Morgan fingerprint density at radius 2 is 2.33 bits per heavy atom. The van der Waals surface area contributed by atoms with Gasteiger partial charge in [-0.05, 0) is 24.0 Å². The van der Waals surface area contributed by atoms with Crippen molar-refractivity contribution in [2.75, 3.05) is 6.26 Å². The number of halogens is 1. The Labute approximate surface area is 91.5 Å². The van der Waals surface area contributed by atoms with Gasteiger partial charge in [0.05, 0.1) is 6.42 Å². The first kappa shape index (κ1) is 12.0. The standard InChI is InChI=1S/C10H12FNO2S/c1-15-9-3-2-6(4-7(9)11)8(12)5-10(13)14/h2-4,8H,5,12H2,1H3,(H,13,14). The number of carbonyl (C=O) groups is 1. The molecule has 3 N–H and O–H groups in total. The molecule has 1 aromatic rings. The van der Waals surface area contributed by atoms with E-state index in [1.165, 1.54) is 17.8 Å². The van der Waals surface area contributed by atoms with Gasteiger partial charge in [-0.15, -0.1) is 11.8 Å². The summed E-state index contributed by atoms with van der Waals surface area (Å²) in [6, 6.07) is 3.90. The maximum Gasteiger partial charge on any atom is 0.305 e. The minimum Gasteiger partial charge on any atom is -0.481 e. The summed E-state index contributed by atoms with van der Waals surface area (Å²) in [4.78, 5) is 10.9. The Morgan fingerprint density at radius 1 is 1.67 bits per heavy atom. The van der Waals surface area contributed by atoms with Gasteiger partial charge >= 0.3 is 5.97 Å². The molecule has 0 saturated heterocycles. The van der Waals surface area contributed by atoms with Gasteiger partial charge in [-0.3, -0.25) is 4.79 Å². The molecule has 0 aliphatic rings. The molecule has 0 heterocycles. The molecule has 5 heteroatoms. The number of hydrogen-bond acceptors (Lipinski definition) is 3. The van der Waals surface area contributed by atoms with E-state index in [2.05, 4.69) is 0 Å². The second-order valence-corrected chi connectivity index (χ2v) is 3.95. The van der Waals surface area contributed by atoms with Gasteiger partial charge in [0.2, 0.25) is 0 Å². The number of carboxylic acid groups (broad SMARTS) is 1. The lowest BCUT2D eigenvalue weighted by Gasteiger charge is -2.10. The molecule has 1 aromatic carbocycles. The van der Waals surface area contributed by atoms with Gasteiger partial charge in [0.25, 0.3) is 0 Å². The lowest BCUT2D eigenvalue weighted by atomic mass is 10.1. The van der Waals surface area contributed by atoms with Gasteiger partial charge in [-0.1, -0.05) is 6.07 Å². The number of aliphatic carboxylic acids is 1. The fourth-order valence-electron chi connectivity index (χ4n) is 1.22. The minimum atomic E-state index is -0.989. The van der Waals surface area contributed by atoms with Crippen molar-refractivity contribution >= 4 is 17.7 Å². The summed E-state index contributed by atoms with van der Waals surface area (Å²) in [5.74, 6) is -1.35. The summed E-state index contributed by atoms with van der Waals surface area (Å²) < 4.78 is 13.3. The van der Waals surface area contributed by atoms with Crippen molar-refractivity contribution in [2.24, 2.45) is 5.73 Å². The zero-order chi connectivity index (χ0) is 11.4. The average molecular weight is 229 g/mol. The number of carboxylic acids is 1. The van der Waals surface area contributed by atoms with Gasteiger partial charge in [-0.2, -0.15) is 0 Å². The third kappa shape index (κ3) is 3.21. The van der Waals surface area contributed by atoms with Gasteiger partial charge in [0.1, 0.15) is 5.82 Å². The fraction of sp³-hybridized carbons (Fsp3) is 0.300. The predicted molar refractivity (Wildman–Crippen MR) is 57.4 cm³/mol. The number of hydrogen-bond donors (Lipinski definition) is 2. The topological polar surface area (TPSA) is 63.3 Å². The van der Waals surface area contributed by atoms with Crippen molar-refractivity contribution in [3.05, 3.63) is 29.6 Å². The molecule has 0 saturated carbocycles. The number of rotatable bonds is 4. The normalized spacial score (nSPS) is 12.5. The van der Waals surface area contributed by atoms with Crippen LogP contribution in [0.25, 0.3) is 0 Å². The summed E-state index contributed by atoms with van der Waals surface area (Å²) >= 11 is 1.30. The smallest absolute Gasteiger partial charge is 0.305 e. The van der Waals surface area contributed by atoms with Crippen LogP contribution in [0, 0.1) is 5.82 Å². The summed E-state index contributed by atoms with van der Waals surface area (Å²) in [5, 5.41) is 8.54. The van der Waals surface area contributed by atoms with Crippen LogP contribution in [-0.4, -0.2) is 17.3 Å². The molecular weight excluding hydrogens is 217 g/mol. The van der Waals surface area contributed by atoms with Crippen LogP contribution in [-0.2, 0) is 4.79 Å². The van der Waals surface area contributed by atoms with Crippen LogP contribution in [0.1, 0.15) is 18.0 Å².